The van der Waals surface area contributed by atoms with Crippen molar-refractivity contribution in [1.29, 1.82) is 0 Å². The van der Waals surface area contributed by atoms with E-state index in [1.807, 2.05) is 60.7 Å². The zero-order valence-corrected chi connectivity index (χ0v) is 14.0. The van der Waals surface area contributed by atoms with E-state index in [0.717, 1.165) is 21.5 Å². The van der Waals surface area contributed by atoms with Crippen LogP contribution in [-0.2, 0) is 0 Å². The summed E-state index contributed by atoms with van der Waals surface area (Å²) < 4.78 is 5.28. The van der Waals surface area contributed by atoms with Crippen LogP contribution in [0.1, 0.15) is 0 Å². The Morgan fingerprint density at radius 2 is 1.20 bits per heavy atom. The molecule has 4 aromatic carbocycles. The summed E-state index contributed by atoms with van der Waals surface area (Å²) in [5, 5.41) is 14.3. The molecule has 0 heterocycles. The van der Waals surface area contributed by atoms with E-state index in [4.69, 9.17) is 4.52 Å². The van der Waals surface area contributed by atoms with Gasteiger partial charge in [-0.3, -0.25) is 0 Å². The van der Waals surface area contributed by atoms with E-state index >= 15 is 0 Å². The summed E-state index contributed by atoms with van der Waals surface area (Å²) in [5.41, 5.74) is 1.25. The first-order valence-electron chi connectivity index (χ1n) is 7.74. The van der Waals surface area contributed by atoms with E-state index in [1.54, 1.807) is 12.1 Å². The maximum absolute atomic E-state index is 10.6. The fourth-order valence-electron chi connectivity index (χ4n) is 3.20. The Bertz CT molecular complexity index is 1080. The van der Waals surface area contributed by atoms with Crippen LogP contribution in [0.4, 0.5) is 0 Å². The first kappa shape index (κ1) is 15.9. The number of aromatic hydroxyl groups is 1. The van der Waals surface area contributed by atoms with Crippen LogP contribution in [0.25, 0.3) is 32.7 Å². The quantitative estimate of drug-likeness (QED) is 0.457. The number of phenols is 1. The minimum Gasteiger partial charge on any atom is -0.507 e. The third kappa shape index (κ3) is 2.81. The molecule has 25 heavy (non-hydrogen) atoms. The van der Waals surface area contributed by atoms with Crippen molar-refractivity contribution < 1.29 is 19.4 Å². The molecule has 3 N–H and O–H groups in total. The van der Waals surface area contributed by atoms with E-state index in [2.05, 4.69) is 0 Å². The number of phenolic OH excluding ortho intramolecular Hbond substituents is 1. The summed E-state index contributed by atoms with van der Waals surface area (Å²) in [7, 11) is -2.57. The Labute approximate surface area is 145 Å². The number of fused-ring (bicyclic) bond motifs is 2. The van der Waals surface area contributed by atoms with Crippen LogP contribution in [0.5, 0.6) is 11.5 Å². The highest BCUT2D eigenvalue weighted by atomic mass is 31.2. The second-order valence-corrected chi connectivity index (χ2v) is 6.37. The van der Waals surface area contributed by atoms with Crippen molar-refractivity contribution in [2.24, 2.45) is 0 Å². The monoisotopic (exact) mass is 350 g/mol. The lowest BCUT2D eigenvalue weighted by Crippen LogP contribution is -1.92. The number of benzene rings is 4. The molecule has 0 aliphatic heterocycles. The summed E-state index contributed by atoms with van der Waals surface area (Å²) in [6, 6.07) is 22.5. The molecule has 0 aromatic heterocycles. The van der Waals surface area contributed by atoms with E-state index in [9.17, 15) is 14.9 Å². The van der Waals surface area contributed by atoms with Crippen molar-refractivity contribution in [1.82, 2.24) is 0 Å². The first-order valence-corrected chi connectivity index (χ1v) is 8.90. The topological polar surface area (TPSA) is 69.9 Å². The third-order valence-electron chi connectivity index (χ3n) is 4.23. The van der Waals surface area contributed by atoms with Crippen LogP contribution in [0.15, 0.2) is 72.8 Å². The number of hydrogen-bond donors (Lipinski definition) is 3. The third-order valence-corrected chi connectivity index (χ3v) is 4.59. The van der Waals surface area contributed by atoms with Gasteiger partial charge in [-0.1, -0.05) is 60.7 Å². The number of hydrogen-bond acceptors (Lipinski definition) is 4. The summed E-state index contributed by atoms with van der Waals surface area (Å²) >= 11 is 0. The van der Waals surface area contributed by atoms with Gasteiger partial charge in [0.2, 0.25) is 0 Å². The van der Waals surface area contributed by atoms with Crippen molar-refractivity contribution in [3.8, 4) is 22.6 Å². The Morgan fingerprint density at radius 1 is 0.640 bits per heavy atom. The summed E-state index contributed by atoms with van der Waals surface area (Å²) in [6.07, 6.45) is 0. The molecule has 0 bridgehead atoms. The molecule has 0 fully saturated rings. The molecule has 0 aliphatic carbocycles. The average Bonchev–Trinajstić information content (AvgIpc) is 2.62. The molecule has 0 saturated heterocycles. The van der Waals surface area contributed by atoms with Gasteiger partial charge in [0.1, 0.15) is 11.5 Å². The van der Waals surface area contributed by atoms with Gasteiger partial charge >= 0.3 is 8.60 Å². The lowest BCUT2D eigenvalue weighted by atomic mass is 9.92. The van der Waals surface area contributed by atoms with Gasteiger partial charge in [0.15, 0.2) is 0 Å². The molecular formula is C20H15O4P. The van der Waals surface area contributed by atoms with E-state index in [1.165, 1.54) is 0 Å². The maximum Gasteiger partial charge on any atom is 0.391 e. The Kier molecular flexibility index (Phi) is 4.02. The molecule has 4 rings (SSSR count). The molecule has 0 amide bonds. The summed E-state index contributed by atoms with van der Waals surface area (Å²) in [4.78, 5) is 18.7. The van der Waals surface area contributed by atoms with Gasteiger partial charge < -0.3 is 19.4 Å². The van der Waals surface area contributed by atoms with Crippen LogP contribution in [-0.4, -0.2) is 14.9 Å². The maximum atomic E-state index is 10.6. The Morgan fingerprint density at radius 3 is 1.84 bits per heavy atom. The van der Waals surface area contributed by atoms with Gasteiger partial charge in [-0.2, -0.15) is 0 Å². The lowest BCUT2D eigenvalue weighted by molar-refractivity contribution is 0.375. The number of rotatable bonds is 3. The highest BCUT2D eigenvalue weighted by Gasteiger charge is 2.19. The predicted octanol–water partition coefficient (Wildman–Crippen LogP) is 4.96. The summed E-state index contributed by atoms with van der Waals surface area (Å²) in [6.45, 7) is 0. The molecule has 0 saturated carbocycles. The summed E-state index contributed by atoms with van der Waals surface area (Å²) in [5.74, 6) is 0.432. The van der Waals surface area contributed by atoms with Gasteiger partial charge in [-0.15, -0.1) is 0 Å². The smallest absolute Gasteiger partial charge is 0.391 e. The van der Waals surface area contributed by atoms with E-state index in [0.29, 0.717) is 16.9 Å². The van der Waals surface area contributed by atoms with Gasteiger partial charge in [0.05, 0.1) is 0 Å². The molecular weight excluding hydrogens is 335 g/mol. The minimum atomic E-state index is -2.57. The fourth-order valence-corrected chi connectivity index (χ4v) is 3.52. The zero-order chi connectivity index (χ0) is 17.4. The minimum absolute atomic E-state index is 0.111. The molecule has 0 spiro atoms. The zero-order valence-electron chi connectivity index (χ0n) is 13.1. The normalized spacial score (nSPS) is 11.3. The van der Waals surface area contributed by atoms with Crippen molar-refractivity contribution >= 4 is 30.1 Å². The highest BCUT2D eigenvalue weighted by molar-refractivity contribution is 7.39. The molecule has 0 radical (unpaired) electrons. The SMILES string of the molecule is Oc1ccc2ccccc2c1-c1c(OP(O)O)ccc2ccccc12. The second kappa shape index (κ2) is 6.34. The second-order valence-electron chi connectivity index (χ2n) is 5.68. The Hall–Kier alpha value is -2.65. The highest BCUT2D eigenvalue weighted by Crippen LogP contribution is 2.47. The van der Waals surface area contributed by atoms with Gasteiger partial charge in [-0.25, -0.2) is 0 Å². The fraction of sp³-hybridized carbons (Fsp3) is 0. The molecule has 4 nitrogen and oxygen atoms in total. The van der Waals surface area contributed by atoms with E-state index in [-0.39, 0.29) is 5.75 Å². The molecule has 0 aliphatic rings. The van der Waals surface area contributed by atoms with Crippen LogP contribution >= 0.6 is 8.60 Å². The van der Waals surface area contributed by atoms with Crippen LogP contribution in [0.2, 0.25) is 0 Å². The van der Waals surface area contributed by atoms with Crippen molar-refractivity contribution in [3.05, 3.63) is 72.8 Å². The van der Waals surface area contributed by atoms with Crippen molar-refractivity contribution in [3.63, 3.8) is 0 Å². The molecule has 5 heteroatoms. The average molecular weight is 350 g/mol. The van der Waals surface area contributed by atoms with Gasteiger partial charge in [0.25, 0.3) is 0 Å². The molecule has 0 atom stereocenters. The van der Waals surface area contributed by atoms with Crippen LogP contribution < -0.4 is 4.52 Å². The van der Waals surface area contributed by atoms with E-state index < -0.39 is 8.60 Å². The Balaban J connectivity index is 2.15. The van der Waals surface area contributed by atoms with Gasteiger partial charge in [-0.05, 0) is 33.7 Å². The molecule has 124 valence electrons. The van der Waals surface area contributed by atoms with Crippen molar-refractivity contribution in [2.75, 3.05) is 0 Å². The van der Waals surface area contributed by atoms with Gasteiger partial charge in [0, 0.05) is 11.1 Å². The lowest BCUT2D eigenvalue weighted by Gasteiger charge is -2.17. The van der Waals surface area contributed by atoms with Crippen LogP contribution in [0.3, 0.4) is 0 Å². The molecule has 4 aromatic rings. The predicted molar refractivity (Wildman–Crippen MR) is 101 cm³/mol. The van der Waals surface area contributed by atoms with Crippen LogP contribution in [0, 0.1) is 0 Å². The van der Waals surface area contributed by atoms with Crippen molar-refractivity contribution in [2.45, 2.75) is 0 Å². The standard InChI is InChI=1S/C20H15O4P/c21-17-11-9-13-5-1-3-7-15(13)19(17)20-16-8-4-2-6-14(16)10-12-18(20)24-25(22)23/h1-12,21-23H. The molecule has 0 unspecified atom stereocenters. The first-order chi connectivity index (χ1) is 12.1. The largest absolute Gasteiger partial charge is 0.507 e.